The van der Waals surface area contributed by atoms with Crippen LogP contribution in [0.1, 0.15) is 61.8 Å². The van der Waals surface area contributed by atoms with E-state index in [4.69, 9.17) is 0 Å². The predicted molar refractivity (Wildman–Crippen MR) is 66.9 cm³/mol. The molecule has 0 saturated heterocycles. The van der Waals surface area contributed by atoms with Crippen molar-refractivity contribution in [2.45, 2.75) is 61.8 Å². The molecule has 0 aliphatic heterocycles. The Morgan fingerprint density at radius 1 is 1.00 bits per heavy atom. The maximum absolute atomic E-state index is 12.3. The quantitative estimate of drug-likeness (QED) is 0.681. The first kappa shape index (κ1) is 14.7. The second-order valence-electron chi connectivity index (χ2n) is 7.16. The van der Waals surface area contributed by atoms with Gasteiger partial charge in [0.05, 0.1) is 0 Å². The fourth-order valence-corrected chi connectivity index (χ4v) is 1.85. The second kappa shape index (κ2) is 4.67. The molecule has 1 nitrogen and oxygen atoms in total. The number of rotatable bonds is 3. The first-order chi connectivity index (χ1) is 6.46. The molecule has 0 unspecified atom stereocenters. The number of carbonyl (C=O) groups excluding carboxylic acids is 1. The summed E-state index contributed by atoms with van der Waals surface area (Å²) in [6, 6.07) is 0. The summed E-state index contributed by atoms with van der Waals surface area (Å²) in [6.45, 7) is 17.0. The van der Waals surface area contributed by atoms with Gasteiger partial charge in [-0.3, -0.25) is 4.79 Å². The summed E-state index contributed by atoms with van der Waals surface area (Å²) in [5.74, 6) is 1.17. The van der Waals surface area contributed by atoms with Gasteiger partial charge < -0.3 is 0 Å². The molecule has 1 heteroatoms. The van der Waals surface area contributed by atoms with E-state index in [1.807, 2.05) is 20.8 Å². The van der Waals surface area contributed by atoms with Crippen molar-refractivity contribution in [3.05, 3.63) is 0 Å². The summed E-state index contributed by atoms with van der Waals surface area (Å²) < 4.78 is 0. The Bertz CT molecular complexity index is 212. The summed E-state index contributed by atoms with van der Waals surface area (Å²) in [5.41, 5.74) is -0.137. The number of ketones is 1. The first-order valence-electron chi connectivity index (χ1n) is 6.00. The predicted octanol–water partition coefficient (Wildman–Crippen LogP) is 4.31. The Morgan fingerprint density at radius 3 is 1.60 bits per heavy atom. The number of carbonyl (C=O) groups is 1. The Balaban J connectivity index is 4.89. The number of hydrogen-bond acceptors (Lipinski definition) is 1. The molecule has 0 spiro atoms. The lowest BCUT2D eigenvalue weighted by Crippen LogP contribution is -2.37. The molecular formula is C14H28O. The Kier molecular flexibility index (Phi) is 4.57. The van der Waals surface area contributed by atoms with E-state index in [2.05, 4.69) is 34.6 Å². The number of hydrogen-bond donors (Lipinski definition) is 0. The van der Waals surface area contributed by atoms with Crippen LogP contribution in [0.5, 0.6) is 0 Å². The van der Waals surface area contributed by atoms with E-state index in [0.29, 0.717) is 11.7 Å². The van der Waals surface area contributed by atoms with Crippen LogP contribution < -0.4 is 0 Å². The molecule has 0 aromatic carbocycles. The van der Waals surface area contributed by atoms with Crippen LogP contribution in [0, 0.1) is 22.7 Å². The average Bonchev–Trinajstić information content (AvgIpc) is 1.94. The van der Waals surface area contributed by atoms with Crippen molar-refractivity contribution >= 4 is 5.78 Å². The van der Waals surface area contributed by atoms with Gasteiger partial charge in [0, 0.05) is 11.3 Å². The van der Waals surface area contributed by atoms with E-state index in [9.17, 15) is 4.79 Å². The zero-order valence-corrected chi connectivity index (χ0v) is 11.8. The Morgan fingerprint density at radius 2 is 1.40 bits per heavy atom. The van der Waals surface area contributed by atoms with Crippen LogP contribution in [-0.4, -0.2) is 5.78 Å². The largest absolute Gasteiger partial charge is 0.299 e. The van der Waals surface area contributed by atoms with Crippen LogP contribution in [0.4, 0.5) is 0 Å². The molecular weight excluding hydrogens is 184 g/mol. The van der Waals surface area contributed by atoms with Gasteiger partial charge in [-0.15, -0.1) is 0 Å². The van der Waals surface area contributed by atoms with Gasteiger partial charge in [0.15, 0.2) is 0 Å². The molecule has 1 atom stereocenters. The van der Waals surface area contributed by atoms with Gasteiger partial charge in [0.2, 0.25) is 0 Å². The minimum absolute atomic E-state index is 0.0780. The minimum atomic E-state index is -0.215. The molecule has 15 heavy (non-hydrogen) atoms. The van der Waals surface area contributed by atoms with Gasteiger partial charge in [-0.25, -0.2) is 0 Å². The third kappa shape index (κ3) is 4.81. The van der Waals surface area contributed by atoms with E-state index < -0.39 is 0 Å². The molecule has 0 bridgehead atoms. The molecule has 90 valence electrons. The van der Waals surface area contributed by atoms with Crippen LogP contribution in [0.3, 0.4) is 0 Å². The summed E-state index contributed by atoms with van der Waals surface area (Å²) in [4.78, 5) is 12.3. The van der Waals surface area contributed by atoms with Gasteiger partial charge in [0.25, 0.3) is 0 Å². The normalized spacial score (nSPS) is 15.5. The van der Waals surface area contributed by atoms with E-state index in [0.717, 1.165) is 6.42 Å². The fraction of sp³-hybridized carbons (Fsp3) is 0.929. The van der Waals surface area contributed by atoms with Crippen molar-refractivity contribution in [2.75, 3.05) is 0 Å². The highest BCUT2D eigenvalue weighted by molar-refractivity contribution is 5.86. The lowest BCUT2D eigenvalue weighted by Gasteiger charge is -2.35. The molecule has 0 aromatic heterocycles. The highest BCUT2D eigenvalue weighted by atomic mass is 16.1. The van der Waals surface area contributed by atoms with Gasteiger partial charge in [0.1, 0.15) is 5.78 Å². The fourth-order valence-electron chi connectivity index (χ4n) is 1.85. The van der Waals surface area contributed by atoms with Crippen molar-refractivity contribution in [3.63, 3.8) is 0 Å². The highest BCUT2D eigenvalue weighted by Gasteiger charge is 2.37. The SMILES string of the molecule is CC(C)C[C@H](C(=O)C(C)(C)C)C(C)(C)C. The van der Waals surface area contributed by atoms with Crippen LogP contribution in [0.15, 0.2) is 0 Å². The van der Waals surface area contributed by atoms with E-state index in [-0.39, 0.29) is 16.7 Å². The molecule has 0 heterocycles. The first-order valence-corrected chi connectivity index (χ1v) is 6.00. The smallest absolute Gasteiger partial charge is 0.141 e. The molecule has 0 N–H and O–H groups in total. The van der Waals surface area contributed by atoms with E-state index in [1.165, 1.54) is 0 Å². The molecule has 0 fully saturated rings. The molecule has 0 saturated carbocycles. The molecule has 0 amide bonds. The van der Waals surface area contributed by atoms with Crippen molar-refractivity contribution in [2.24, 2.45) is 22.7 Å². The molecule has 0 rings (SSSR count). The van der Waals surface area contributed by atoms with Gasteiger partial charge >= 0.3 is 0 Å². The van der Waals surface area contributed by atoms with Gasteiger partial charge in [-0.2, -0.15) is 0 Å². The third-order valence-electron chi connectivity index (χ3n) is 2.81. The molecule has 0 aliphatic rings. The Hall–Kier alpha value is -0.330. The van der Waals surface area contributed by atoms with Crippen LogP contribution in [-0.2, 0) is 4.79 Å². The highest BCUT2D eigenvalue weighted by Crippen LogP contribution is 2.36. The maximum Gasteiger partial charge on any atom is 0.141 e. The molecule has 0 aliphatic carbocycles. The zero-order valence-electron chi connectivity index (χ0n) is 11.8. The van der Waals surface area contributed by atoms with E-state index >= 15 is 0 Å². The lowest BCUT2D eigenvalue weighted by molar-refractivity contribution is -0.134. The second-order valence-corrected chi connectivity index (χ2v) is 7.16. The Labute approximate surface area is 95.6 Å². The summed E-state index contributed by atoms with van der Waals surface area (Å²) >= 11 is 0. The van der Waals surface area contributed by atoms with Gasteiger partial charge in [-0.1, -0.05) is 55.4 Å². The average molecular weight is 212 g/mol. The molecule has 0 radical (unpaired) electrons. The zero-order chi connectivity index (χ0) is 12.4. The topological polar surface area (TPSA) is 17.1 Å². The summed E-state index contributed by atoms with van der Waals surface area (Å²) in [5, 5.41) is 0. The summed E-state index contributed by atoms with van der Waals surface area (Å²) in [7, 11) is 0. The van der Waals surface area contributed by atoms with Crippen molar-refractivity contribution in [3.8, 4) is 0 Å². The standard InChI is InChI=1S/C14H28O/c1-10(2)9-11(13(3,4)5)12(15)14(6,7)8/h10-11H,9H2,1-8H3/t11-/m1/s1. The minimum Gasteiger partial charge on any atom is -0.299 e. The maximum atomic E-state index is 12.3. The van der Waals surface area contributed by atoms with E-state index in [1.54, 1.807) is 0 Å². The van der Waals surface area contributed by atoms with Crippen LogP contribution in [0.2, 0.25) is 0 Å². The monoisotopic (exact) mass is 212 g/mol. The lowest BCUT2D eigenvalue weighted by atomic mass is 9.68. The van der Waals surface area contributed by atoms with Crippen LogP contribution >= 0.6 is 0 Å². The van der Waals surface area contributed by atoms with Crippen molar-refractivity contribution < 1.29 is 4.79 Å². The van der Waals surface area contributed by atoms with Crippen molar-refractivity contribution in [1.29, 1.82) is 0 Å². The van der Waals surface area contributed by atoms with Crippen molar-refractivity contribution in [1.82, 2.24) is 0 Å². The summed E-state index contributed by atoms with van der Waals surface area (Å²) in [6.07, 6.45) is 1.000. The molecule has 0 aromatic rings. The van der Waals surface area contributed by atoms with Gasteiger partial charge in [-0.05, 0) is 17.8 Å². The van der Waals surface area contributed by atoms with Crippen LogP contribution in [0.25, 0.3) is 0 Å². The third-order valence-corrected chi connectivity index (χ3v) is 2.81. The number of Topliss-reactive ketones (excluding diaryl/α,β-unsaturated/α-hetero) is 1.